The van der Waals surface area contributed by atoms with Crippen LogP contribution in [0.4, 0.5) is 0 Å². The van der Waals surface area contributed by atoms with E-state index in [9.17, 15) is 9.59 Å². The van der Waals surface area contributed by atoms with Gasteiger partial charge in [0.2, 0.25) is 5.88 Å². The third kappa shape index (κ3) is 4.56. The van der Waals surface area contributed by atoms with Gasteiger partial charge in [0.05, 0.1) is 5.56 Å². The average molecular weight is 340 g/mol. The van der Waals surface area contributed by atoms with Crippen LogP contribution in [0.3, 0.4) is 0 Å². The van der Waals surface area contributed by atoms with E-state index in [0.717, 1.165) is 12.8 Å². The maximum atomic E-state index is 12.5. The maximum absolute atomic E-state index is 12.5. The molecule has 0 bridgehead atoms. The summed E-state index contributed by atoms with van der Waals surface area (Å²) in [6, 6.07) is 12.7. The lowest BCUT2D eigenvalue weighted by Gasteiger charge is -2.31. The zero-order valence-electron chi connectivity index (χ0n) is 13.8. The molecule has 1 N–H and O–H groups in total. The Bertz CT molecular complexity index is 723. The van der Waals surface area contributed by atoms with Gasteiger partial charge in [-0.25, -0.2) is 4.98 Å². The molecule has 2 aromatic rings. The topological polar surface area (TPSA) is 79.7 Å². The van der Waals surface area contributed by atoms with Crippen molar-refractivity contribution in [1.82, 2.24) is 9.88 Å². The Labute approximate surface area is 146 Å². The number of pyridine rings is 1. The quantitative estimate of drug-likeness (QED) is 0.904. The van der Waals surface area contributed by atoms with E-state index in [-0.39, 0.29) is 18.2 Å². The van der Waals surface area contributed by atoms with Crippen molar-refractivity contribution in [1.29, 1.82) is 0 Å². The van der Waals surface area contributed by atoms with Crippen molar-refractivity contribution in [2.24, 2.45) is 5.92 Å². The number of rotatable bonds is 5. The molecule has 0 radical (unpaired) electrons. The lowest BCUT2D eigenvalue weighted by molar-refractivity contribution is -0.138. The average Bonchev–Trinajstić information content (AvgIpc) is 2.63. The van der Waals surface area contributed by atoms with Gasteiger partial charge in [-0.2, -0.15) is 0 Å². The number of carbonyl (C=O) groups is 2. The van der Waals surface area contributed by atoms with Gasteiger partial charge >= 0.3 is 5.97 Å². The van der Waals surface area contributed by atoms with Gasteiger partial charge in [-0.1, -0.05) is 18.2 Å². The summed E-state index contributed by atoms with van der Waals surface area (Å²) in [5.41, 5.74) is 0.511. The number of carboxylic acids is 1. The van der Waals surface area contributed by atoms with Crippen LogP contribution in [-0.4, -0.2) is 40.0 Å². The van der Waals surface area contributed by atoms with E-state index >= 15 is 0 Å². The molecule has 1 saturated heterocycles. The van der Waals surface area contributed by atoms with Crippen molar-refractivity contribution in [3.63, 3.8) is 0 Å². The minimum Gasteiger partial charge on any atom is -0.481 e. The molecule has 130 valence electrons. The standard InChI is InChI=1S/C19H20N2O4/c22-18(23)12-14-8-10-21(11-9-14)19(24)15-6-7-17(20-13-15)25-16-4-2-1-3-5-16/h1-7,13-14H,8-12H2,(H,22,23). The highest BCUT2D eigenvalue weighted by Gasteiger charge is 2.25. The van der Waals surface area contributed by atoms with Crippen LogP contribution in [0.2, 0.25) is 0 Å². The third-order valence-electron chi connectivity index (χ3n) is 4.31. The Hall–Kier alpha value is -2.89. The van der Waals surface area contributed by atoms with E-state index in [1.54, 1.807) is 17.0 Å². The van der Waals surface area contributed by atoms with Crippen molar-refractivity contribution in [3.05, 3.63) is 54.2 Å². The molecule has 6 nitrogen and oxygen atoms in total. The summed E-state index contributed by atoms with van der Waals surface area (Å²) >= 11 is 0. The summed E-state index contributed by atoms with van der Waals surface area (Å²) in [6.07, 6.45) is 3.14. The Morgan fingerprint density at radius 3 is 2.44 bits per heavy atom. The van der Waals surface area contributed by atoms with Crippen LogP contribution in [0, 0.1) is 5.92 Å². The number of hydrogen-bond acceptors (Lipinski definition) is 4. The summed E-state index contributed by atoms with van der Waals surface area (Å²) in [4.78, 5) is 29.2. The van der Waals surface area contributed by atoms with Crippen LogP contribution in [0.25, 0.3) is 0 Å². The number of carboxylic acid groups (broad SMARTS) is 1. The molecule has 0 aliphatic carbocycles. The molecule has 1 amide bonds. The Kier molecular flexibility index (Phi) is 5.28. The predicted octanol–water partition coefficient (Wildman–Crippen LogP) is 3.20. The first-order valence-corrected chi connectivity index (χ1v) is 8.32. The Morgan fingerprint density at radius 2 is 1.84 bits per heavy atom. The number of hydrogen-bond donors (Lipinski definition) is 1. The summed E-state index contributed by atoms with van der Waals surface area (Å²) in [6.45, 7) is 1.16. The number of amides is 1. The van der Waals surface area contributed by atoms with E-state index in [1.165, 1.54) is 6.20 Å². The van der Waals surface area contributed by atoms with Gasteiger partial charge < -0.3 is 14.7 Å². The van der Waals surface area contributed by atoms with Gasteiger partial charge in [0.1, 0.15) is 5.75 Å². The fourth-order valence-electron chi connectivity index (χ4n) is 2.95. The van der Waals surface area contributed by atoms with Crippen LogP contribution >= 0.6 is 0 Å². The zero-order chi connectivity index (χ0) is 17.6. The van der Waals surface area contributed by atoms with Crippen molar-refractivity contribution in [3.8, 4) is 11.6 Å². The first kappa shape index (κ1) is 17.0. The molecular weight excluding hydrogens is 320 g/mol. The van der Waals surface area contributed by atoms with Gasteiger partial charge in [0, 0.05) is 31.8 Å². The number of carbonyl (C=O) groups excluding carboxylic acids is 1. The van der Waals surface area contributed by atoms with E-state index in [1.807, 2.05) is 30.3 Å². The van der Waals surface area contributed by atoms with Gasteiger partial charge in [0.15, 0.2) is 0 Å². The smallest absolute Gasteiger partial charge is 0.303 e. The normalized spacial score (nSPS) is 15.0. The van der Waals surface area contributed by atoms with E-state index in [0.29, 0.717) is 30.3 Å². The Balaban J connectivity index is 1.57. The molecule has 1 aromatic heterocycles. The highest BCUT2D eigenvalue weighted by atomic mass is 16.5. The van der Waals surface area contributed by atoms with Gasteiger partial charge in [0.25, 0.3) is 5.91 Å². The van der Waals surface area contributed by atoms with E-state index < -0.39 is 5.97 Å². The molecule has 0 atom stereocenters. The van der Waals surface area contributed by atoms with Crippen molar-refractivity contribution < 1.29 is 19.4 Å². The molecule has 0 spiro atoms. The minimum absolute atomic E-state index is 0.0764. The molecule has 25 heavy (non-hydrogen) atoms. The first-order valence-electron chi connectivity index (χ1n) is 8.32. The second kappa shape index (κ2) is 7.79. The molecule has 2 heterocycles. The summed E-state index contributed by atoms with van der Waals surface area (Å²) in [7, 11) is 0. The summed E-state index contributed by atoms with van der Waals surface area (Å²) in [5, 5.41) is 8.85. The zero-order valence-corrected chi connectivity index (χ0v) is 13.8. The van der Waals surface area contributed by atoms with Crippen molar-refractivity contribution >= 4 is 11.9 Å². The molecular formula is C19H20N2O4. The molecule has 0 saturated carbocycles. The molecule has 0 unspecified atom stereocenters. The summed E-state index contributed by atoms with van der Waals surface area (Å²) < 4.78 is 5.62. The Morgan fingerprint density at radius 1 is 1.12 bits per heavy atom. The number of aliphatic carboxylic acids is 1. The lowest BCUT2D eigenvalue weighted by Crippen LogP contribution is -2.38. The number of nitrogens with zero attached hydrogens (tertiary/aromatic N) is 2. The monoisotopic (exact) mass is 340 g/mol. The highest BCUT2D eigenvalue weighted by Crippen LogP contribution is 2.23. The molecule has 3 rings (SSSR count). The minimum atomic E-state index is -0.775. The number of benzene rings is 1. The van der Waals surface area contributed by atoms with Gasteiger partial charge in [-0.05, 0) is 37.0 Å². The number of para-hydroxylation sites is 1. The largest absolute Gasteiger partial charge is 0.481 e. The first-order chi connectivity index (χ1) is 12.1. The maximum Gasteiger partial charge on any atom is 0.303 e. The highest BCUT2D eigenvalue weighted by molar-refractivity contribution is 5.94. The predicted molar refractivity (Wildman–Crippen MR) is 91.6 cm³/mol. The molecule has 6 heteroatoms. The van der Waals surface area contributed by atoms with Crippen molar-refractivity contribution in [2.75, 3.05) is 13.1 Å². The van der Waals surface area contributed by atoms with Crippen LogP contribution in [0.5, 0.6) is 11.6 Å². The fraction of sp³-hybridized carbons (Fsp3) is 0.316. The van der Waals surface area contributed by atoms with Crippen LogP contribution in [0.15, 0.2) is 48.7 Å². The van der Waals surface area contributed by atoms with E-state index in [4.69, 9.17) is 9.84 Å². The fourth-order valence-corrected chi connectivity index (χ4v) is 2.95. The van der Waals surface area contributed by atoms with Crippen molar-refractivity contribution in [2.45, 2.75) is 19.3 Å². The molecule has 1 aliphatic rings. The SMILES string of the molecule is O=C(O)CC1CCN(C(=O)c2ccc(Oc3ccccc3)nc2)CC1. The molecule has 1 aliphatic heterocycles. The van der Waals surface area contributed by atoms with Gasteiger partial charge in [-0.15, -0.1) is 0 Å². The van der Waals surface area contributed by atoms with Crippen LogP contribution in [-0.2, 0) is 4.79 Å². The number of ether oxygens (including phenoxy) is 1. The second-order valence-corrected chi connectivity index (χ2v) is 6.13. The van der Waals surface area contributed by atoms with Crippen LogP contribution in [0.1, 0.15) is 29.6 Å². The van der Waals surface area contributed by atoms with Gasteiger partial charge in [-0.3, -0.25) is 9.59 Å². The third-order valence-corrected chi connectivity index (χ3v) is 4.31. The molecule has 1 aromatic carbocycles. The second-order valence-electron chi connectivity index (χ2n) is 6.13. The lowest BCUT2D eigenvalue weighted by atomic mass is 9.93. The van der Waals surface area contributed by atoms with Crippen LogP contribution < -0.4 is 4.74 Å². The number of piperidine rings is 1. The number of likely N-dealkylation sites (tertiary alicyclic amines) is 1. The summed E-state index contributed by atoms with van der Waals surface area (Å²) in [5.74, 6) is 0.425. The molecule has 1 fully saturated rings. The number of aromatic nitrogens is 1. The van der Waals surface area contributed by atoms with E-state index in [2.05, 4.69) is 4.98 Å².